The van der Waals surface area contributed by atoms with Crippen LogP contribution < -0.4 is 5.73 Å². The minimum absolute atomic E-state index is 0.772. The number of rotatable bonds is 2. The maximum absolute atomic E-state index is 5.87. The summed E-state index contributed by atoms with van der Waals surface area (Å²) in [5, 5.41) is 0.772. The molecule has 94 valence electrons. The minimum Gasteiger partial charge on any atom is -0.399 e. The van der Waals surface area contributed by atoms with Crippen molar-refractivity contribution >= 4 is 17.4 Å². The molecule has 2 unspecified atom stereocenters. The standard InChI is InChI=1S/C15H23NS/c1-10-6-11(2)8-14(7-10)17-15-9-13(16)5-4-12(15)3/h4-5,9-11,14H,6-8,16H2,1-3H3. The number of aryl methyl sites for hydroxylation is 1. The van der Waals surface area contributed by atoms with Crippen LogP contribution in [0.2, 0.25) is 0 Å². The second kappa shape index (κ2) is 5.34. The van der Waals surface area contributed by atoms with Crippen molar-refractivity contribution in [1.29, 1.82) is 0 Å². The van der Waals surface area contributed by atoms with E-state index in [-0.39, 0.29) is 0 Å². The van der Waals surface area contributed by atoms with Crippen LogP contribution in [0.5, 0.6) is 0 Å². The predicted molar refractivity (Wildman–Crippen MR) is 77.4 cm³/mol. The fourth-order valence-electron chi connectivity index (χ4n) is 2.89. The van der Waals surface area contributed by atoms with E-state index in [9.17, 15) is 0 Å². The first kappa shape index (κ1) is 12.8. The van der Waals surface area contributed by atoms with Crippen molar-refractivity contribution in [2.45, 2.75) is 50.2 Å². The predicted octanol–water partition coefficient (Wildman–Crippen LogP) is 4.49. The molecule has 0 aromatic heterocycles. The summed E-state index contributed by atoms with van der Waals surface area (Å²) in [7, 11) is 0. The smallest absolute Gasteiger partial charge is 0.0325 e. The molecule has 2 heteroatoms. The summed E-state index contributed by atoms with van der Waals surface area (Å²) >= 11 is 2.03. The molecule has 0 radical (unpaired) electrons. The molecule has 1 aliphatic rings. The molecule has 0 heterocycles. The van der Waals surface area contributed by atoms with Crippen LogP contribution in [-0.4, -0.2) is 5.25 Å². The molecule has 0 bridgehead atoms. The minimum atomic E-state index is 0.772. The van der Waals surface area contributed by atoms with Gasteiger partial charge in [-0.25, -0.2) is 0 Å². The highest BCUT2D eigenvalue weighted by Gasteiger charge is 2.24. The first-order valence-electron chi connectivity index (χ1n) is 6.57. The third kappa shape index (κ3) is 3.41. The number of hydrogen-bond acceptors (Lipinski definition) is 2. The second-order valence-corrected chi connectivity index (χ2v) is 7.02. The van der Waals surface area contributed by atoms with Gasteiger partial charge in [0.2, 0.25) is 0 Å². The van der Waals surface area contributed by atoms with Gasteiger partial charge in [-0.15, -0.1) is 11.8 Å². The number of anilines is 1. The van der Waals surface area contributed by atoms with Gasteiger partial charge in [0.1, 0.15) is 0 Å². The van der Waals surface area contributed by atoms with Crippen molar-refractivity contribution in [3.05, 3.63) is 23.8 Å². The zero-order valence-corrected chi connectivity index (χ0v) is 11.9. The Bertz CT molecular complexity index is 379. The van der Waals surface area contributed by atoms with Crippen molar-refractivity contribution in [3.63, 3.8) is 0 Å². The quantitative estimate of drug-likeness (QED) is 0.781. The van der Waals surface area contributed by atoms with Crippen LogP contribution in [0.25, 0.3) is 0 Å². The molecule has 17 heavy (non-hydrogen) atoms. The fraction of sp³-hybridized carbons (Fsp3) is 0.600. The topological polar surface area (TPSA) is 26.0 Å². The molecular weight excluding hydrogens is 226 g/mol. The van der Waals surface area contributed by atoms with Gasteiger partial charge in [0.05, 0.1) is 0 Å². The Hall–Kier alpha value is -0.630. The van der Waals surface area contributed by atoms with Gasteiger partial charge in [0.15, 0.2) is 0 Å². The van der Waals surface area contributed by atoms with E-state index in [2.05, 4.69) is 32.9 Å². The lowest BCUT2D eigenvalue weighted by molar-refractivity contribution is 0.309. The highest BCUT2D eigenvalue weighted by molar-refractivity contribution is 8.00. The van der Waals surface area contributed by atoms with E-state index in [1.807, 2.05) is 17.8 Å². The summed E-state index contributed by atoms with van der Waals surface area (Å²) in [6, 6.07) is 6.25. The molecule has 1 aromatic rings. The third-order valence-electron chi connectivity index (χ3n) is 3.64. The summed E-state index contributed by atoms with van der Waals surface area (Å²) in [6.07, 6.45) is 4.10. The largest absolute Gasteiger partial charge is 0.399 e. The number of thioether (sulfide) groups is 1. The summed E-state index contributed by atoms with van der Waals surface area (Å²) in [5.74, 6) is 1.75. The molecule has 1 saturated carbocycles. The highest BCUT2D eigenvalue weighted by atomic mass is 32.2. The molecule has 0 saturated heterocycles. The summed E-state index contributed by atoms with van der Waals surface area (Å²) in [6.45, 7) is 6.95. The van der Waals surface area contributed by atoms with Gasteiger partial charge < -0.3 is 5.73 Å². The molecule has 2 N–H and O–H groups in total. The Morgan fingerprint density at radius 2 is 1.76 bits per heavy atom. The summed E-state index contributed by atoms with van der Waals surface area (Å²) in [4.78, 5) is 1.37. The van der Waals surface area contributed by atoms with Crippen molar-refractivity contribution < 1.29 is 0 Å². The Morgan fingerprint density at radius 3 is 2.41 bits per heavy atom. The maximum atomic E-state index is 5.87. The van der Waals surface area contributed by atoms with Crippen LogP contribution in [0.3, 0.4) is 0 Å². The number of benzene rings is 1. The van der Waals surface area contributed by atoms with E-state index >= 15 is 0 Å². The van der Waals surface area contributed by atoms with Gasteiger partial charge >= 0.3 is 0 Å². The first-order chi connectivity index (χ1) is 8.04. The first-order valence-corrected chi connectivity index (χ1v) is 7.45. The molecule has 2 rings (SSSR count). The Labute approximate surface area is 109 Å². The molecule has 2 atom stereocenters. The number of nitrogen functional groups attached to an aromatic ring is 1. The Morgan fingerprint density at radius 1 is 1.12 bits per heavy atom. The summed E-state index contributed by atoms with van der Waals surface area (Å²) in [5.41, 5.74) is 8.11. The SMILES string of the molecule is Cc1ccc(N)cc1SC1CC(C)CC(C)C1. The average Bonchev–Trinajstić information content (AvgIpc) is 2.22. The lowest BCUT2D eigenvalue weighted by atomic mass is 9.83. The van der Waals surface area contributed by atoms with Gasteiger partial charge in [-0.2, -0.15) is 0 Å². The van der Waals surface area contributed by atoms with Crippen molar-refractivity contribution in [3.8, 4) is 0 Å². The lowest BCUT2D eigenvalue weighted by Crippen LogP contribution is -2.21. The summed E-state index contributed by atoms with van der Waals surface area (Å²) < 4.78 is 0. The Kier molecular flexibility index (Phi) is 4.03. The molecule has 1 aliphatic carbocycles. The molecule has 1 fully saturated rings. The van der Waals surface area contributed by atoms with Crippen molar-refractivity contribution in [2.75, 3.05) is 5.73 Å². The van der Waals surface area contributed by atoms with Gasteiger partial charge in [0.25, 0.3) is 0 Å². The molecule has 0 aliphatic heterocycles. The number of hydrogen-bond donors (Lipinski definition) is 1. The van der Waals surface area contributed by atoms with Gasteiger partial charge in [-0.3, -0.25) is 0 Å². The third-order valence-corrected chi connectivity index (χ3v) is 5.05. The Balaban J connectivity index is 2.07. The van der Waals surface area contributed by atoms with Crippen LogP contribution in [0.15, 0.2) is 23.1 Å². The molecule has 0 amide bonds. The van der Waals surface area contributed by atoms with E-state index in [0.717, 1.165) is 22.8 Å². The van der Waals surface area contributed by atoms with Crippen molar-refractivity contribution in [2.24, 2.45) is 11.8 Å². The van der Waals surface area contributed by atoms with E-state index in [1.165, 1.54) is 29.7 Å². The molecule has 1 nitrogen and oxygen atoms in total. The van der Waals surface area contributed by atoms with Crippen LogP contribution >= 0.6 is 11.8 Å². The van der Waals surface area contributed by atoms with E-state index in [1.54, 1.807) is 0 Å². The van der Waals surface area contributed by atoms with Gasteiger partial charge in [-0.1, -0.05) is 19.9 Å². The van der Waals surface area contributed by atoms with Crippen LogP contribution in [0, 0.1) is 18.8 Å². The fourth-order valence-corrected chi connectivity index (χ4v) is 4.56. The van der Waals surface area contributed by atoms with E-state index in [0.29, 0.717) is 0 Å². The van der Waals surface area contributed by atoms with Crippen molar-refractivity contribution in [1.82, 2.24) is 0 Å². The van der Waals surface area contributed by atoms with Crippen LogP contribution in [-0.2, 0) is 0 Å². The zero-order valence-electron chi connectivity index (χ0n) is 11.1. The van der Waals surface area contributed by atoms with Gasteiger partial charge in [-0.05, 0) is 55.7 Å². The maximum Gasteiger partial charge on any atom is 0.0325 e. The van der Waals surface area contributed by atoms with Gasteiger partial charge in [0, 0.05) is 15.8 Å². The monoisotopic (exact) mass is 249 g/mol. The van der Waals surface area contributed by atoms with E-state index < -0.39 is 0 Å². The van der Waals surface area contributed by atoms with E-state index in [4.69, 9.17) is 5.73 Å². The van der Waals surface area contributed by atoms with Crippen LogP contribution in [0.1, 0.15) is 38.7 Å². The number of nitrogens with two attached hydrogens (primary N) is 1. The molecule has 1 aromatic carbocycles. The molecule has 0 spiro atoms. The second-order valence-electron chi connectivity index (χ2n) is 5.68. The normalized spacial score (nSPS) is 29.2. The molecular formula is C15H23NS. The average molecular weight is 249 g/mol. The zero-order chi connectivity index (χ0) is 12.4. The lowest BCUT2D eigenvalue weighted by Gasteiger charge is -2.31. The highest BCUT2D eigenvalue weighted by Crippen LogP contribution is 2.39. The van der Waals surface area contributed by atoms with Crippen LogP contribution in [0.4, 0.5) is 5.69 Å².